The lowest BCUT2D eigenvalue weighted by Crippen LogP contribution is -2.35. The maximum absolute atomic E-state index is 14.0. The van der Waals surface area contributed by atoms with Gasteiger partial charge in [0.2, 0.25) is 0 Å². The first-order valence-electron chi connectivity index (χ1n) is 5.38. The molecule has 0 amide bonds. The molecule has 0 saturated heterocycles. The van der Waals surface area contributed by atoms with Crippen molar-refractivity contribution < 1.29 is 13.9 Å². The third-order valence-electron chi connectivity index (χ3n) is 2.48. The van der Waals surface area contributed by atoms with E-state index >= 15 is 0 Å². The van der Waals surface area contributed by atoms with Gasteiger partial charge >= 0.3 is 0 Å². The molecular formula is C12H17BrFNO2. The summed E-state index contributed by atoms with van der Waals surface area (Å²) < 4.78 is 24.8. The van der Waals surface area contributed by atoms with Crippen LogP contribution in [0.15, 0.2) is 22.7 Å². The van der Waals surface area contributed by atoms with Gasteiger partial charge in [0.15, 0.2) is 6.29 Å². The van der Waals surface area contributed by atoms with Crippen molar-refractivity contribution in [1.29, 1.82) is 0 Å². The van der Waals surface area contributed by atoms with Gasteiger partial charge in [0.25, 0.3) is 0 Å². The molecular weight excluding hydrogens is 289 g/mol. The van der Waals surface area contributed by atoms with Crippen LogP contribution < -0.4 is 5.32 Å². The summed E-state index contributed by atoms with van der Waals surface area (Å²) in [5, 5.41) is 3.16. The first-order valence-corrected chi connectivity index (χ1v) is 6.17. The lowest BCUT2D eigenvalue weighted by molar-refractivity contribution is -0.124. The highest BCUT2D eigenvalue weighted by atomic mass is 79.9. The van der Waals surface area contributed by atoms with Crippen molar-refractivity contribution in [2.45, 2.75) is 19.3 Å². The first-order chi connectivity index (χ1) is 8.15. The van der Waals surface area contributed by atoms with Crippen LogP contribution >= 0.6 is 15.9 Å². The fourth-order valence-electron chi connectivity index (χ4n) is 1.70. The Kier molecular flexibility index (Phi) is 6.05. The lowest BCUT2D eigenvalue weighted by atomic mass is 10.1. The smallest absolute Gasteiger partial charge is 0.176 e. The molecule has 1 unspecified atom stereocenters. The number of methoxy groups -OCH3 is 2. The maximum atomic E-state index is 14.0. The monoisotopic (exact) mass is 305 g/mol. The Morgan fingerprint density at radius 2 is 2.00 bits per heavy atom. The van der Waals surface area contributed by atoms with Crippen LogP contribution in [-0.2, 0) is 9.47 Å². The number of hydrogen-bond acceptors (Lipinski definition) is 3. The molecule has 1 N–H and O–H groups in total. The molecule has 1 atom stereocenters. The Bertz CT molecular complexity index is 358. The molecule has 0 radical (unpaired) electrons. The van der Waals surface area contributed by atoms with E-state index < -0.39 is 6.29 Å². The van der Waals surface area contributed by atoms with E-state index in [1.807, 2.05) is 6.92 Å². The highest BCUT2D eigenvalue weighted by Gasteiger charge is 2.25. The molecule has 1 rings (SSSR count). The molecule has 1 aromatic carbocycles. The normalized spacial score (nSPS) is 13.1. The zero-order chi connectivity index (χ0) is 12.8. The highest BCUT2D eigenvalue weighted by molar-refractivity contribution is 9.10. The quantitative estimate of drug-likeness (QED) is 0.820. The van der Waals surface area contributed by atoms with Crippen LogP contribution in [0.2, 0.25) is 0 Å². The van der Waals surface area contributed by atoms with Gasteiger partial charge in [0.1, 0.15) is 5.82 Å². The molecule has 17 heavy (non-hydrogen) atoms. The second-order valence-corrected chi connectivity index (χ2v) is 4.37. The Balaban J connectivity index is 3.08. The fraction of sp³-hybridized carbons (Fsp3) is 0.500. The van der Waals surface area contributed by atoms with E-state index in [1.165, 1.54) is 14.2 Å². The van der Waals surface area contributed by atoms with Gasteiger partial charge in [0, 0.05) is 19.8 Å². The van der Waals surface area contributed by atoms with Crippen molar-refractivity contribution in [3.63, 3.8) is 0 Å². The Hall–Kier alpha value is -0.490. The van der Waals surface area contributed by atoms with E-state index in [9.17, 15) is 4.39 Å². The largest absolute Gasteiger partial charge is 0.354 e. The lowest BCUT2D eigenvalue weighted by Gasteiger charge is -2.26. The maximum Gasteiger partial charge on any atom is 0.176 e. The molecule has 0 saturated carbocycles. The number of hydrogen-bond donors (Lipinski definition) is 1. The SMILES string of the molecule is CCNC(c1cccc(Br)c1F)C(OC)OC. The topological polar surface area (TPSA) is 30.5 Å². The van der Waals surface area contributed by atoms with Gasteiger partial charge in [-0.25, -0.2) is 4.39 Å². The van der Waals surface area contributed by atoms with E-state index in [0.717, 1.165) is 0 Å². The Labute approximate surface area is 109 Å². The molecule has 5 heteroatoms. The van der Waals surface area contributed by atoms with Gasteiger partial charge in [-0.2, -0.15) is 0 Å². The van der Waals surface area contributed by atoms with E-state index in [1.54, 1.807) is 18.2 Å². The minimum Gasteiger partial charge on any atom is -0.354 e. The van der Waals surface area contributed by atoms with Crippen molar-refractivity contribution in [2.24, 2.45) is 0 Å². The summed E-state index contributed by atoms with van der Waals surface area (Å²) in [5.74, 6) is -0.294. The van der Waals surface area contributed by atoms with Crippen LogP contribution in [0, 0.1) is 5.82 Å². The van der Waals surface area contributed by atoms with Gasteiger partial charge in [-0.3, -0.25) is 0 Å². The Morgan fingerprint density at radius 1 is 1.35 bits per heavy atom. The van der Waals surface area contributed by atoms with E-state index in [4.69, 9.17) is 9.47 Å². The van der Waals surface area contributed by atoms with Crippen LogP contribution in [0.4, 0.5) is 4.39 Å². The summed E-state index contributed by atoms with van der Waals surface area (Å²) in [6, 6.07) is 4.83. The number of halogens is 2. The second kappa shape index (κ2) is 7.06. The summed E-state index contributed by atoms with van der Waals surface area (Å²) in [4.78, 5) is 0. The van der Waals surface area contributed by atoms with Crippen molar-refractivity contribution >= 4 is 15.9 Å². The molecule has 0 fully saturated rings. The van der Waals surface area contributed by atoms with Crippen LogP contribution in [0.1, 0.15) is 18.5 Å². The van der Waals surface area contributed by atoms with Crippen molar-refractivity contribution in [1.82, 2.24) is 5.32 Å². The van der Waals surface area contributed by atoms with Gasteiger partial charge in [-0.05, 0) is 28.5 Å². The molecule has 0 aliphatic rings. The molecule has 0 spiro atoms. The predicted molar refractivity (Wildman–Crippen MR) is 68.3 cm³/mol. The minimum absolute atomic E-state index is 0.294. The number of benzene rings is 1. The summed E-state index contributed by atoms with van der Waals surface area (Å²) in [7, 11) is 3.07. The van der Waals surface area contributed by atoms with Crippen LogP contribution in [0.3, 0.4) is 0 Å². The number of likely N-dealkylation sites (N-methyl/N-ethyl adjacent to an activating group) is 1. The zero-order valence-corrected chi connectivity index (χ0v) is 11.8. The molecule has 3 nitrogen and oxygen atoms in total. The molecule has 0 aromatic heterocycles. The number of ether oxygens (including phenoxy) is 2. The number of nitrogens with one attached hydrogen (secondary N) is 1. The standard InChI is InChI=1S/C12H17BrFNO2/c1-4-15-11(12(16-2)17-3)8-6-5-7-9(13)10(8)14/h5-7,11-12,15H,4H2,1-3H3. The van der Waals surface area contributed by atoms with Crippen molar-refractivity contribution in [3.8, 4) is 0 Å². The third-order valence-corrected chi connectivity index (χ3v) is 3.09. The zero-order valence-electron chi connectivity index (χ0n) is 10.2. The summed E-state index contributed by atoms with van der Waals surface area (Å²) >= 11 is 3.17. The molecule has 96 valence electrons. The summed E-state index contributed by atoms with van der Waals surface area (Å²) in [6.45, 7) is 2.64. The second-order valence-electron chi connectivity index (χ2n) is 3.52. The van der Waals surface area contributed by atoms with E-state index in [2.05, 4.69) is 21.2 Å². The third kappa shape index (κ3) is 3.48. The molecule has 0 aliphatic carbocycles. The van der Waals surface area contributed by atoms with Crippen LogP contribution in [-0.4, -0.2) is 27.1 Å². The van der Waals surface area contributed by atoms with E-state index in [-0.39, 0.29) is 11.9 Å². The Morgan fingerprint density at radius 3 is 2.53 bits per heavy atom. The van der Waals surface area contributed by atoms with Crippen molar-refractivity contribution in [2.75, 3.05) is 20.8 Å². The summed E-state index contributed by atoms with van der Waals surface area (Å²) in [5.41, 5.74) is 0.523. The number of rotatable bonds is 6. The van der Waals surface area contributed by atoms with Gasteiger partial charge < -0.3 is 14.8 Å². The fourth-order valence-corrected chi connectivity index (χ4v) is 2.08. The minimum atomic E-state index is -0.529. The van der Waals surface area contributed by atoms with Gasteiger partial charge in [-0.1, -0.05) is 19.1 Å². The van der Waals surface area contributed by atoms with Crippen LogP contribution in [0.25, 0.3) is 0 Å². The predicted octanol–water partition coefficient (Wildman–Crippen LogP) is 2.86. The first kappa shape index (κ1) is 14.6. The molecule has 1 aromatic rings. The van der Waals surface area contributed by atoms with Gasteiger partial charge in [0.05, 0.1) is 10.5 Å². The average Bonchev–Trinajstić information content (AvgIpc) is 2.33. The summed E-state index contributed by atoms with van der Waals surface area (Å²) in [6.07, 6.45) is -0.529. The average molecular weight is 306 g/mol. The molecule has 0 heterocycles. The molecule has 0 bridgehead atoms. The van der Waals surface area contributed by atoms with E-state index in [0.29, 0.717) is 16.6 Å². The van der Waals surface area contributed by atoms with Crippen molar-refractivity contribution in [3.05, 3.63) is 34.1 Å². The van der Waals surface area contributed by atoms with Crippen LogP contribution in [0.5, 0.6) is 0 Å². The molecule has 0 aliphatic heterocycles. The van der Waals surface area contributed by atoms with Gasteiger partial charge in [-0.15, -0.1) is 0 Å². The highest BCUT2D eigenvalue weighted by Crippen LogP contribution is 2.27.